The minimum Gasteiger partial charge on any atom is -0.507 e. The van der Waals surface area contributed by atoms with Gasteiger partial charge in [0.2, 0.25) is 0 Å². The lowest BCUT2D eigenvalue weighted by Crippen LogP contribution is -2.47. The van der Waals surface area contributed by atoms with Crippen molar-refractivity contribution in [3.8, 4) is 5.75 Å². The molecule has 1 amide bonds. The zero-order chi connectivity index (χ0) is 14.0. The lowest BCUT2D eigenvalue weighted by molar-refractivity contribution is -0.153. The van der Waals surface area contributed by atoms with Gasteiger partial charge in [0.05, 0.1) is 11.0 Å². The quantitative estimate of drug-likeness (QED) is 0.789. The van der Waals surface area contributed by atoms with Gasteiger partial charge in [-0.1, -0.05) is 18.0 Å². The van der Waals surface area contributed by atoms with Crippen molar-refractivity contribution >= 4 is 23.5 Å². The Morgan fingerprint density at radius 1 is 1.37 bits per heavy atom. The van der Waals surface area contributed by atoms with Gasteiger partial charge in [0.1, 0.15) is 5.75 Å². The first kappa shape index (κ1) is 13.7. The van der Waals surface area contributed by atoms with Crippen molar-refractivity contribution in [2.24, 2.45) is 5.41 Å². The van der Waals surface area contributed by atoms with E-state index in [2.05, 4.69) is 5.32 Å². The Balaban J connectivity index is 2.03. The Morgan fingerprint density at radius 3 is 2.53 bits per heavy atom. The van der Waals surface area contributed by atoms with Gasteiger partial charge < -0.3 is 15.5 Å². The minimum atomic E-state index is -0.889. The fourth-order valence-electron chi connectivity index (χ4n) is 2.11. The number of halogens is 1. The van der Waals surface area contributed by atoms with Crippen molar-refractivity contribution in [3.63, 3.8) is 0 Å². The molecular weight excluding hydrogens is 270 g/mol. The normalized spacial score (nSPS) is 16.5. The van der Waals surface area contributed by atoms with E-state index in [1.54, 1.807) is 0 Å². The van der Waals surface area contributed by atoms with Crippen molar-refractivity contribution in [1.29, 1.82) is 0 Å². The van der Waals surface area contributed by atoms with Crippen LogP contribution in [0.15, 0.2) is 18.2 Å². The molecule has 2 rings (SSSR count). The lowest BCUT2D eigenvalue weighted by Gasteiger charge is -2.37. The summed E-state index contributed by atoms with van der Waals surface area (Å²) < 4.78 is 0. The van der Waals surface area contributed by atoms with E-state index in [1.165, 1.54) is 18.2 Å². The Labute approximate surface area is 115 Å². The molecular formula is C13H14ClNO4. The van der Waals surface area contributed by atoms with Crippen LogP contribution in [0.5, 0.6) is 5.75 Å². The summed E-state index contributed by atoms with van der Waals surface area (Å²) >= 11 is 5.68. The van der Waals surface area contributed by atoms with Gasteiger partial charge in [-0.2, -0.15) is 0 Å². The standard InChI is InChI=1S/C13H14ClNO4/c14-8-2-3-9(10(16)6-8)11(17)15-7-13(12(18)19)4-1-5-13/h2-3,6,16H,1,4-5,7H2,(H,15,17)(H,18,19). The maximum absolute atomic E-state index is 11.9. The molecule has 1 aromatic carbocycles. The first-order chi connectivity index (χ1) is 8.94. The SMILES string of the molecule is O=C(NCC1(C(=O)O)CCC1)c1ccc(Cl)cc1O. The van der Waals surface area contributed by atoms with Crippen LogP contribution in [0.2, 0.25) is 5.02 Å². The van der Waals surface area contributed by atoms with Gasteiger partial charge in [0.15, 0.2) is 0 Å². The van der Waals surface area contributed by atoms with Crippen LogP contribution in [-0.2, 0) is 4.79 Å². The van der Waals surface area contributed by atoms with Crippen LogP contribution >= 0.6 is 11.6 Å². The molecule has 0 heterocycles. The molecule has 1 aliphatic carbocycles. The molecule has 0 bridgehead atoms. The molecule has 0 spiro atoms. The number of hydrogen-bond donors (Lipinski definition) is 3. The number of aromatic hydroxyl groups is 1. The van der Waals surface area contributed by atoms with Crippen LogP contribution in [-0.4, -0.2) is 28.6 Å². The third kappa shape index (κ3) is 2.66. The van der Waals surface area contributed by atoms with Crippen molar-refractivity contribution in [2.45, 2.75) is 19.3 Å². The van der Waals surface area contributed by atoms with E-state index < -0.39 is 17.3 Å². The van der Waals surface area contributed by atoms with Crippen LogP contribution in [0.1, 0.15) is 29.6 Å². The predicted octanol–water partition coefficient (Wildman–Crippen LogP) is 2.03. The maximum atomic E-state index is 11.9. The third-order valence-corrected chi connectivity index (χ3v) is 3.79. The number of nitrogens with one attached hydrogen (secondary N) is 1. The number of phenols is 1. The molecule has 102 valence electrons. The minimum absolute atomic E-state index is 0.0727. The molecule has 0 aromatic heterocycles. The molecule has 0 radical (unpaired) electrons. The number of amides is 1. The van der Waals surface area contributed by atoms with Gasteiger partial charge in [-0.25, -0.2) is 0 Å². The highest BCUT2D eigenvalue weighted by atomic mass is 35.5. The lowest BCUT2D eigenvalue weighted by atomic mass is 9.69. The molecule has 1 aromatic rings. The fraction of sp³-hybridized carbons (Fsp3) is 0.385. The number of rotatable bonds is 4. The molecule has 1 aliphatic rings. The number of hydrogen-bond acceptors (Lipinski definition) is 3. The number of aliphatic carboxylic acids is 1. The highest BCUT2D eigenvalue weighted by Crippen LogP contribution is 2.40. The highest BCUT2D eigenvalue weighted by molar-refractivity contribution is 6.30. The first-order valence-corrected chi connectivity index (χ1v) is 6.32. The van der Waals surface area contributed by atoms with Crippen LogP contribution < -0.4 is 5.32 Å². The summed E-state index contributed by atoms with van der Waals surface area (Å²) in [5.41, 5.74) is -0.762. The Kier molecular flexibility index (Phi) is 3.66. The van der Waals surface area contributed by atoms with E-state index in [0.29, 0.717) is 17.9 Å². The number of carbonyl (C=O) groups is 2. The molecule has 1 fully saturated rings. The molecule has 0 unspecified atom stereocenters. The summed E-state index contributed by atoms with van der Waals surface area (Å²) in [6.07, 6.45) is 1.98. The van der Waals surface area contributed by atoms with Gasteiger partial charge in [0, 0.05) is 11.6 Å². The third-order valence-electron chi connectivity index (χ3n) is 3.56. The maximum Gasteiger partial charge on any atom is 0.311 e. The molecule has 0 saturated heterocycles. The molecule has 5 nitrogen and oxygen atoms in total. The molecule has 3 N–H and O–H groups in total. The first-order valence-electron chi connectivity index (χ1n) is 5.95. The summed E-state index contributed by atoms with van der Waals surface area (Å²) in [5, 5.41) is 21.6. The summed E-state index contributed by atoms with van der Waals surface area (Å²) in [6, 6.07) is 4.17. The van der Waals surface area contributed by atoms with Crippen LogP contribution in [0.25, 0.3) is 0 Å². The van der Waals surface area contributed by atoms with Gasteiger partial charge in [-0.05, 0) is 31.0 Å². The summed E-state index contributed by atoms with van der Waals surface area (Å²) in [6.45, 7) is 0.0727. The summed E-state index contributed by atoms with van der Waals surface area (Å²) in [4.78, 5) is 23.0. The largest absolute Gasteiger partial charge is 0.507 e. The number of phenolic OH excluding ortho intramolecular Hbond substituents is 1. The smallest absolute Gasteiger partial charge is 0.311 e. The second-order valence-corrected chi connectivity index (χ2v) is 5.22. The zero-order valence-corrected chi connectivity index (χ0v) is 10.9. The van der Waals surface area contributed by atoms with Crippen molar-refractivity contribution in [1.82, 2.24) is 5.32 Å². The van der Waals surface area contributed by atoms with E-state index in [0.717, 1.165) is 6.42 Å². The predicted molar refractivity (Wildman–Crippen MR) is 69.4 cm³/mol. The monoisotopic (exact) mass is 283 g/mol. The molecule has 0 aliphatic heterocycles. The van der Waals surface area contributed by atoms with Crippen molar-refractivity contribution in [2.75, 3.05) is 6.54 Å². The van der Waals surface area contributed by atoms with E-state index >= 15 is 0 Å². The van der Waals surface area contributed by atoms with Gasteiger partial charge in [-0.15, -0.1) is 0 Å². The van der Waals surface area contributed by atoms with E-state index in [9.17, 15) is 14.7 Å². The van der Waals surface area contributed by atoms with Gasteiger partial charge in [-0.3, -0.25) is 9.59 Å². The molecule has 0 atom stereocenters. The second-order valence-electron chi connectivity index (χ2n) is 4.78. The van der Waals surface area contributed by atoms with Crippen LogP contribution in [0.3, 0.4) is 0 Å². The zero-order valence-electron chi connectivity index (χ0n) is 10.1. The topological polar surface area (TPSA) is 86.6 Å². The van der Waals surface area contributed by atoms with Crippen molar-refractivity contribution < 1.29 is 19.8 Å². The Morgan fingerprint density at radius 2 is 2.05 bits per heavy atom. The van der Waals surface area contributed by atoms with Crippen LogP contribution in [0.4, 0.5) is 0 Å². The van der Waals surface area contributed by atoms with E-state index in [-0.39, 0.29) is 17.9 Å². The number of carboxylic acid groups (broad SMARTS) is 1. The average molecular weight is 284 g/mol. The van der Waals surface area contributed by atoms with E-state index in [4.69, 9.17) is 16.7 Å². The van der Waals surface area contributed by atoms with E-state index in [1.807, 2.05) is 0 Å². The Bertz CT molecular complexity index is 525. The highest BCUT2D eigenvalue weighted by Gasteiger charge is 2.44. The van der Waals surface area contributed by atoms with Gasteiger partial charge in [0.25, 0.3) is 5.91 Å². The number of carbonyl (C=O) groups excluding carboxylic acids is 1. The summed E-state index contributed by atoms with van der Waals surface area (Å²) in [5.74, 6) is -1.61. The molecule has 6 heteroatoms. The fourth-order valence-corrected chi connectivity index (χ4v) is 2.28. The molecule has 19 heavy (non-hydrogen) atoms. The molecule has 1 saturated carbocycles. The summed E-state index contributed by atoms with van der Waals surface area (Å²) in [7, 11) is 0. The average Bonchev–Trinajstić information content (AvgIpc) is 2.26. The van der Waals surface area contributed by atoms with Gasteiger partial charge >= 0.3 is 5.97 Å². The van der Waals surface area contributed by atoms with Crippen LogP contribution in [0, 0.1) is 5.41 Å². The second kappa shape index (κ2) is 5.09. The van der Waals surface area contributed by atoms with Crippen molar-refractivity contribution in [3.05, 3.63) is 28.8 Å². The Hall–Kier alpha value is -1.75. The number of carboxylic acids is 1. The number of benzene rings is 1.